The second-order valence-electron chi connectivity index (χ2n) is 4.50. The lowest BCUT2D eigenvalue weighted by atomic mass is 10.3. The number of amides is 1. The van der Waals surface area contributed by atoms with Crippen LogP contribution in [0, 0.1) is 0 Å². The second kappa shape index (κ2) is 7.06. The Balaban J connectivity index is 2.55. The van der Waals surface area contributed by atoms with Gasteiger partial charge in [-0.1, -0.05) is 13.8 Å². The summed E-state index contributed by atoms with van der Waals surface area (Å²) in [6.07, 6.45) is 2.80. The van der Waals surface area contributed by atoms with E-state index < -0.39 is 0 Å². The van der Waals surface area contributed by atoms with E-state index >= 15 is 0 Å². The van der Waals surface area contributed by atoms with Crippen LogP contribution in [0.4, 0.5) is 5.69 Å². The molecule has 5 heteroatoms. The van der Waals surface area contributed by atoms with E-state index in [0.29, 0.717) is 17.9 Å². The Hall–Kier alpha value is -1.49. The van der Waals surface area contributed by atoms with Gasteiger partial charge < -0.3 is 20.5 Å². The van der Waals surface area contributed by atoms with Crippen molar-refractivity contribution in [3.63, 3.8) is 0 Å². The molecule has 1 aromatic heterocycles. The smallest absolute Gasteiger partial charge is 0.268 e. The molecule has 0 aliphatic rings. The number of hydrogen-bond donors (Lipinski definition) is 2. The molecule has 3 N–H and O–H groups in total. The first kappa shape index (κ1) is 14.6. The Labute approximate surface area is 109 Å². The molecule has 1 amide bonds. The number of carbonyl (C=O) groups excluding carboxylic acids is 1. The van der Waals surface area contributed by atoms with Crippen LogP contribution in [-0.2, 0) is 6.54 Å². The molecule has 0 aliphatic carbocycles. The van der Waals surface area contributed by atoms with Crippen LogP contribution in [-0.4, -0.2) is 42.1 Å². The second-order valence-corrected chi connectivity index (χ2v) is 4.50. The van der Waals surface area contributed by atoms with Crippen molar-refractivity contribution < 1.29 is 4.79 Å². The van der Waals surface area contributed by atoms with Crippen LogP contribution < -0.4 is 11.1 Å². The fourth-order valence-electron chi connectivity index (χ4n) is 1.76. The SMILES string of the molecule is CCCn1cc(N)cc1C(=O)NCCN(C)CC. The predicted octanol–water partition coefficient (Wildman–Crippen LogP) is 1.16. The summed E-state index contributed by atoms with van der Waals surface area (Å²) in [6.45, 7) is 7.47. The van der Waals surface area contributed by atoms with Crippen molar-refractivity contribution in [3.8, 4) is 0 Å². The van der Waals surface area contributed by atoms with Gasteiger partial charge in [0.15, 0.2) is 0 Å². The number of likely N-dealkylation sites (N-methyl/N-ethyl adjacent to an activating group) is 1. The van der Waals surface area contributed by atoms with Crippen LogP contribution in [0.15, 0.2) is 12.3 Å². The van der Waals surface area contributed by atoms with Gasteiger partial charge in [0, 0.05) is 25.8 Å². The number of nitrogens with one attached hydrogen (secondary N) is 1. The van der Waals surface area contributed by atoms with Crippen LogP contribution in [0.5, 0.6) is 0 Å². The van der Waals surface area contributed by atoms with Crippen LogP contribution in [0.2, 0.25) is 0 Å². The summed E-state index contributed by atoms with van der Waals surface area (Å²) in [7, 11) is 2.03. The summed E-state index contributed by atoms with van der Waals surface area (Å²) in [6, 6.07) is 1.73. The Morgan fingerprint density at radius 1 is 1.50 bits per heavy atom. The average Bonchev–Trinajstić information content (AvgIpc) is 2.70. The maximum Gasteiger partial charge on any atom is 0.268 e. The largest absolute Gasteiger partial charge is 0.397 e. The molecule has 18 heavy (non-hydrogen) atoms. The molecule has 0 atom stereocenters. The van der Waals surface area contributed by atoms with Gasteiger partial charge in [-0.3, -0.25) is 4.79 Å². The maximum absolute atomic E-state index is 12.0. The van der Waals surface area contributed by atoms with Crippen LogP contribution in [0.25, 0.3) is 0 Å². The average molecular weight is 252 g/mol. The lowest BCUT2D eigenvalue weighted by molar-refractivity contribution is 0.0940. The number of anilines is 1. The highest BCUT2D eigenvalue weighted by atomic mass is 16.1. The van der Waals surface area contributed by atoms with Crippen LogP contribution in [0.1, 0.15) is 30.8 Å². The summed E-state index contributed by atoms with van der Waals surface area (Å²) in [5.74, 6) is -0.0512. The van der Waals surface area contributed by atoms with Gasteiger partial charge in [-0.2, -0.15) is 0 Å². The first-order valence-corrected chi connectivity index (χ1v) is 6.50. The third-order valence-corrected chi connectivity index (χ3v) is 2.93. The van der Waals surface area contributed by atoms with Crippen molar-refractivity contribution in [2.24, 2.45) is 0 Å². The minimum Gasteiger partial charge on any atom is -0.397 e. The summed E-state index contributed by atoms with van der Waals surface area (Å²) >= 11 is 0. The number of nitrogen functional groups attached to an aromatic ring is 1. The van der Waals surface area contributed by atoms with E-state index in [-0.39, 0.29) is 5.91 Å². The Morgan fingerprint density at radius 3 is 2.83 bits per heavy atom. The topological polar surface area (TPSA) is 63.3 Å². The van der Waals surface area contributed by atoms with Gasteiger partial charge >= 0.3 is 0 Å². The zero-order valence-corrected chi connectivity index (χ0v) is 11.6. The maximum atomic E-state index is 12.0. The van der Waals surface area contributed by atoms with Crippen molar-refractivity contribution >= 4 is 11.6 Å². The van der Waals surface area contributed by atoms with Crippen molar-refractivity contribution in [3.05, 3.63) is 18.0 Å². The fourth-order valence-corrected chi connectivity index (χ4v) is 1.76. The van der Waals surface area contributed by atoms with Crippen molar-refractivity contribution in [2.45, 2.75) is 26.8 Å². The van der Waals surface area contributed by atoms with Gasteiger partial charge in [-0.05, 0) is 26.1 Å². The van der Waals surface area contributed by atoms with E-state index in [0.717, 1.165) is 26.1 Å². The molecule has 0 unspecified atom stereocenters. The molecule has 102 valence electrons. The summed E-state index contributed by atoms with van der Waals surface area (Å²) < 4.78 is 1.91. The lowest BCUT2D eigenvalue weighted by Gasteiger charge is -2.14. The first-order valence-electron chi connectivity index (χ1n) is 6.50. The number of carbonyl (C=O) groups is 1. The van der Waals surface area contributed by atoms with E-state index in [1.807, 2.05) is 17.8 Å². The molecule has 0 fully saturated rings. The number of hydrogen-bond acceptors (Lipinski definition) is 3. The van der Waals surface area contributed by atoms with Crippen LogP contribution in [0.3, 0.4) is 0 Å². The van der Waals surface area contributed by atoms with Gasteiger partial charge in [-0.25, -0.2) is 0 Å². The molecule has 0 bridgehead atoms. The highest BCUT2D eigenvalue weighted by molar-refractivity contribution is 5.93. The van der Waals surface area contributed by atoms with Gasteiger partial charge in [0.1, 0.15) is 5.69 Å². The highest BCUT2D eigenvalue weighted by Gasteiger charge is 2.11. The predicted molar refractivity (Wildman–Crippen MR) is 74.6 cm³/mol. The van der Waals surface area contributed by atoms with E-state index in [2.05, 4.69) is 24.1 Å². The van der Waals surface area contributed by atoms with Gasteiger partial charge in [-0.15, -0.1) is 0 Å². The first-order chi connectivity index (χ1) is 8.58. The van der Waals surface area contributed by atoms with Crippen molar-refractivity contribution in [1.82, 2.24) is 14.8 Å². The van der Waals surface area contributed by atoms with E-state index in [1.165, 1.54) is 0 Å². The van der Waals surface area contributed by atoms with Crippen LogP contribution >= 0.6 is 0 Å². The molecule has 0 saturated heterocycles. The van der Waals surface area contributed by atoms with Gasteiger partial charge in [0.25, 0.3) is 5.91 Å². The number of nitrogens with zero attached hydrogens (tertiary/aromatic N) is 2. The van der Waals surface area contributed by atoms with E-state index in [9.17, 15) is 4.79 Å². The number of rotatable bonds is 7. The summed E-state index contributed by atoms with van der Waals surface area (Å²) in [5, 5.41) is 2.92. The zero-order chi connectivity index (χ0) is 13.5. The summed E-state index contributed by atoms with van der Waals surface area (Å²) in [5.41, 5.74) is 7.02. The fraction of sp³-hybridized carbons (Fsp3) is 0.615. The molecule has 1 rings (SSSR count). The molecule has 0 saturated carbocycles. The molecular formula is C13H24N4O. The van der Waals surface area contributed by atoms with Crippen molar-refractivity contribution in [2.75, 3.05) is 32.4 Å². The minimum absolute atomic E-state index is 0.0512. The third kappa shape index (κ3) is 4.07. The molecule has 1 aromatic rings. The molecule has 0 radical (unpaired) electrons. The molecule has 0 spiro atoms. The van der Waals surface area contributed by atoms with E-state index in [1.54, 1.807) is 6.07 Å². The van der Waals surface area contributed by atoms with E-state index in [4.69, 9.17) is 5.73 Å². The minimum atomic E-state index is -0.0512. The number of aryl methyl sites for hydroxylation is 1. The van der Waals surface area contributed by atoms with Gasteiger partial charge in [0.2, 0.25) is 0 Å². The third-order valence-electron chi connectivity index (χ3n) is 2.93. The van der Waals surface area contributed by atoms with Crippen molar-refractivity contribution in [1.29, 1.82) is 0 Å². The molecule has 1 heterocycles. The standard InChI is InChI=1S/C13H24N4O/c1-4-7-17-10-11(14)9-12(17)13(18)15-6-8-16(3)5-2/h9-10H,4-8,14H2,1-3H3,(H,15,18). The quantitative estimate of drug-likeness (QED) is 0.765. The molecule has 5 nitrogen and oxygen atoms in total. The molecular weight excluding hydrogens is 228 g/mol. The number of aromatic nitrogens is 1. The Kier molecular flexibility index (Phi) is 5.71. The highest BCUT2D eigenvalue weighted by Crippen LogP contribution is 2.11. The normalized spacial score (nSPS) is 10.9. The Bertz CT molecular complexity index is 386. The summed E-state index contributed by atoms with van der Waals surface area (Å²) in [4.78, 5) is 14.2. The molecule has 0 aliphatic heterocycles. The lowest BCUT2D eigenvalue weighted by Crippen LogP contribution is -2.33. The number of nitrogens with two attached hydrogens (primary N) is 1. The zero-order valence-electron chi connectivity index (χ0n) is 11.6. The van der Waals surface area contributed by atoms with Gasteiger partial charge in [0.05, 0.1) is 5.69 Å². The monoisotopic (exact) mass is 252 g/mol. The Morgan fingerprint density at radius 2 is 2.22 bits per heavy atom. The molecule has 0 aromatic carbocycles.